The van der Waals surface area contributed by atoms with Crippen LogP contribution in [0.25, 0.3) is 33.9 Å². The summed E-state index contributed by atoms with van der Waals surface area (Å²) in [5.41, 5.74) is 0.968. The average Bonchev–Trinajstić information content (AvgIpc) is 3.42. The Hall–Kier alpha value is -5.10. The number of hydrogen-bond donors (Lipinski definition) is 2. The van der Waals surface area contributed by atoms with E-state index in [4.69, 9.17) is 9.15 Å². The number of oxazole rings is 1. The molecule has 208 valence electrons. The van der Waals surface area contributed by atoms with Crippen LogP contribution >= 0.6 is 0 Å². The zero-order valence-electron chi connectivity index (χ0n) is 21.1. The largest absolute Gasteiger partial charge is 0.480 e. The highest BCUT2D eigenvalue weighted by Crippen LogP contribution is 2.33. The number of carboxylic acid groups (broad SMARTS) is 1. The van der Waals surface area contributed by atoms with Gasteiger partial charge in [-0.1, -0.05) is 42.5 Å². The number of carboxylic acids is 1. The first-order valence-corrected chi connectivity index (χ1v) is 12.2. The van der Waals surface area contributed by atoms with Gasteiger partial charge in [0.1, 0.15) is 5.69 Å². The third kappa shape index (κ3) is 6.39. The predicted octanol–water partition coefficient (Wildman–Crippen LogP) is 5.37. The van der Waals surface area contributed by atoms with Crippen molar-refractivity contribution in [3.05, 3.63) is 102 Å². The number of amides is 1. The number of carbonyl (C=O) groups excluding carboxylic acids is 1. The van der Waals surface area contributed by atoms with Crippen molar-refractivity contribution in [2.24, 2.45) is 0 Å². The molecule has 0 saturated carbocycles. The lowest BCUT2D eigenvalue weighted by Gasteiger charge is -2.14. The van der Waals surface area contributed by atoms with Gasteiger partial charge in [0.05, 0.1) is 36.0 Å². The molecule has 0 aliphatic rings. The van der Waals surface area contributed by atoms with Crippen molar-refractivity contribution >= 4 is 22.9 Å². The Balaban J connectivity index is 1.46. The maximum atomic E-state index is 13.3. The Kier molecular flexibility index (Phi) is 7.74. The number of aliphatic carboxylic acids is 1. The maximum Gasteiger partial charge on any atom is 0.416 e. The van der Waals surface area contributed by atoms with Gasteiger partial charge in [-0.15, -0.1) is 0 Å². The Labute approximate surface area is 230 Å². The highest BCUT2D eigenvalue weighted by molar-refractivity contribution is 6.00. The fourth-order valence-electron chi connectivity index (χ4n) is 3.91. The molecule has 0 aliphatic heterocycles. The monoisotopic (exact) mass is 562 g/mol. The molecule has 0 spiro atoms. The summed E-state index contributed by atoms with van der Waals surface area (Å²) in [5, 5.41) is 12.1. The van der Waals surface area contributed by atoms with Crippen LogP contribution in [0.5, 0.6) is 0 Å². The second-order valence-electron chi connectivity index (χ2n) is 8.88. The number of ether oxygens (including phenoxy) is 1. The fourth-order valence-corrected chi connectivity index (χ4v) is 3.91. The third-order valence-corrected chi connectivity index (χ3v) is 5.98. The van der Waals surface area contributed by atoms with Crippen LogP contribution in [-0.2, 0) is 22.3 Å². The molecule has 0 bridgehead atoms. The fraction of sp³-hybridized carbons (Fsp3) is 0.138. The molecular weight excluding hydrogens is 541 g/mol. The van der Waals surface area contributed by atoms with E-state index in [1.54, 1.807) is 24.3 Å². The summed E-state index contributed by atoms with van der Waals surface area (Å²) in [4.78, 5) is 38.2. The van der Waals surface area contributed by atoms with Gasteiger partial charge in [-0.2, -0.15) is 13.2 Å². The van der Waals surface area contributed by atoms with Crippen LogP contribution in [0.4, 0.5) is 13.2 Å². The minimum Gasteiger partial charge on any atom is -0.480 e. The smallest absolute Gasteiger partial charge is 0.416 e. The first kappa shape index (κ1) is 27.5. The van der Waals surface area contributed by atoms with Gasteiger partial charge in [-0.25, -0.2) is 14.8 Å². The summed E-state index contributed by atoms with van der Waals surface area (Å²) in [6.45, 7) is -0.217. The lowest BCUT2D eigenvalue weighted by Crippen LogP contribution is -2.44. The molecule has 0 unspecified atom stereocenters. The molecule has 5 rings (SSSR count). The van der Waals surface area contributed by atoms with Crippen LogP contribution in [0.2, 0.25) is 0 Å². The summed E-state index contributed by atoms with van der Waals surface area (Å²) < 4.78 is 50.5. The normalized spacial score (nSPS) is 12.3. The van der Waals surface area contributed by atoms with Crippen molar-refractivity contribution in [1.29, 1.82) is 0 Å². The second kappa shape index (κ2) is 11.6. The molecule has 2 aromatic heterocycles. The second-order valence-corrected chi connectivity index (χ2v) is 8.88. The number of para-hydroxylation sites is 2. The molecule has 2 N–H and O–H groups in total. The summed E-state index contributed by atoms with van der Waals surface area (Å²) >= 11 is 0. The van der Waals surface area contributed by atoms with E-state index in [2.05, 4.69) is 20.3 Å². The van der Waals surface area contributed by atoms with E-state index in [0.29, 0.717) is 11.0 Å². The highest BCUT2D eigenvalue weighted by atomic mass is 19.4. The summed E-state index contributed by atoms with van der Waals surface area (Å²) in [6.07, 6.45) is -3.19. The van der Waals surface area contributed by atoms with E-state index >= 15 is 0 Å². The van der Waals surface area contributed by atoms with E-state index in [9.17, 15) is 27.9 Å². The first-order chi connectivity index (χ1) is 19.7. The average molecular weight is 563 g/mol. The Morgan fingerprint density at radius 1 is 0.927 bits per heavy atom. The topological polar surface area (TPSA) is 127 Å². The number of aromatic nitrogens is 3. The van der Waals surface area contributed by atoms with Crippen molar-refractivity contribution in [3.63, 3.8) is 0 Å². The van der Waals surface area contributed by atoms with Gasteiger partial charge < -0.3 is 19.6 Å². The number of rotatable bonds is 9. The van der Waals surface area contributed by atoms with Crippen LogP contribution < -0.4 is 5.32 Å². The predicted molar refractivity (Wildman–Crippen MR) is 140 cm³/mol. The van der Waals surface area contributed by atoms with Gasteiger partial charge >= 0.3 is 12.1 Å². The molecule has 1 atom stereocenters. The molecule has 0 fully saturated rings. The van der Waals surface area contributed by atoms with E-state index in [0.717, 1.165) is 29.8 Å². The maximum absolute atomic E-state index is 13.3. The molecule has 1 amide bonds. The molecule has 2 heterocycles. The molecule has 0 aliphatic carbocycles. The molecule has 3 aromatic carbocycles. The van der Waals surface area contributed by atoms with E-state index in [-0.39, 0.29) is 41.8 Å². The third-order valence-electron chi connectivity index (χ3n) is 5.98. The van der Waals surface area contributed by atoms with Gasteiger partial charge in [0.15, 0.2) is 17.5 Å². The number of nitrogens with zero attached hydrogens (tertiary/aromatic N) is 3. The van der Waals surface area contributed by atoms with Crippen LogP contribution in [0.3, 0.4) is 0 Å². The van der Waals surface area contributed by atoms with Crippen molar-refractivity contribution in [3.8, 4) is 22.9 Å². The molecular formula is C29H21F3N4O5. The van der Waals surface area contributed by atoms with E-state index in [1.165, 1.54) is 6.20 Å². The van der Waals surface area contributed by atoms with Gasteiger partial charge in [-0.3, -0.25) is 9.78 Å². The van der Waals surface area contributed by atoms with Gasteiger partial charge in [0.25, 0.3) is 5.91 Å². The number of carbonyl (C=O) groups is 2. The van der Waals surface area contributed by atoms with Crippen LogP contribution in [-0.4, -0.2) is 44.6 Å². The first-order valence-electron chi connectivity index (χ1n) is 12.2. The van der Waals surface area contributed by atoms with Crippen LogP contribution in [0.1, 0.15) is 21.6 Å². The number of fused-ring (bicyclic) bond motifs is 1. The highest BCUT2D eigenvalue weighted by Gasteiger charge is 2.31. The number of hydrogen-bond acceptors (Lipinski definition) is 7. The SMILES string of the molecule is O=C(N[C@@H](COCc1ccccc1)C(=O)O)c1nc(-c2ccc(C(F)(F)F)cc2)oc1-c1cnc2ccccc2n1. The molecule has 12 heteroatoms. The molecule has 9 nitrogen and oxygen atoms in total. The van der Waals surface area contributed by atoms with Crippen molar-refractivity contribution in [2.75, 3.05) is 6.61 Å². The zero-order chi connectivity index (χ0) is 29.0. The summed E-state index contributed by atoms with van der Waals surface area (Å²) in [5.74, 6) is -2.55. The summed E-state index contributed by atoms with van der Waals surface area (Å²) in [7, 11) is 0. The Morgan fingerprint density at radius 3 is 2.29 bits per heavy atom. The van der Waals surface area contributed by atoms with Crippen molar-refractivity contribution < 1.29 is 37.0 Å². The minimum absolute atomic E-state index is 0.117. The molecule has 5 aromatic rings. The molecule has 41 heavy (non-hydrogen) atoms. The number of benzene rings is 3. The number of halogens is 3. The quantitative estimate of drug-likeness (QED) is 0.246. The minimum atomic E-state index is -4.54. The number of alkyl halides is 3. The van der Waals surface area contributed by atoms with E-state index in [1.807, 2.05) is 30.3 Å². The lowest BCUT2D eigenvalue weighted by molar-refractivity contribution is -0.141. The van der Waals surface area contributed by atoms with Crippen molar-refractivity contribution in [2.45, 2.75) is 18.8 Å². The number of nitrogens with one attached hydrogen (secondary N) is 1. The van der Waals surface area contributed by atoms with Gasteiger partial charge in [-0.05, 0) is 42.0 Å². The van der Waals surface area contributed by atoms with Gasteiger partial charge in [0, 0.05) is 5.56 Å². The van der Waals surface area contributed by atoms with Crippen molar-refractivity contribution in [1.82, 2.24) is 20.3 Å². The molecule has 0 saturated heterocycles. The molecule has 0 radical (unpaired) electrons. The van der Waals surface area contributed by atoms with Gasteiger partial charge in [0.2, 0.25) is 5.89 Å². The zero-order valence-corrected chi connectivity index (χ0v) is 21.1. The Bertz CT molecular complexity index is 1690. The lowest BCUT2D eigenvalue weighted by atomic mass is 10.1. The standard InChI is InChI=1S/C29H21F3N4O5/c30-29(31,32)19-12-10-18(11-13-19)27-36-24(25(41-27)22-14-33-20-8-4-5-9-21(20)34-22)26(37)35-23(28(38)39)16-40-15-17-6-2-1-3-7-17/h1-14,23H,15-16H2,(H,35,37)(H,38,39)/t23-/m0/s1. The summed E-state index contributed by atoms with van der Waals surface area (Å²) in [6, 6.07) is 18.6. The van der Waals surface area contributed by atoms with Crippen LogP contribution in [0, 0.1) is 0 Å². The Morgan fingerprint density at radius 2 is 1.61 bits per heavy atom. The van der Waals surface area contributed by atoms with E-state index < -0.39 is 29.7 Å². The van der Waals surface area contributed by atoms with Crippen LogP contribution in [0.15, 0.2) is 89.5 Å².